The van der Waals surface area contributed by atoms with Crippen LogP contribution in [-0.2, 0) is 0 Å². The maximum absolute atomic E-state index is 5.49. The lowest BCUT2D eigenvalue weighted by molar-refractivity contribution is 0.528. The minimum absolute atomic E-state index is 0.858. The molecule has 0 fully saturated rings. The van der Waals surface area contributed by atoms with Crippen LogP contribution in [0.25, 0.3) is 0 Å². The van der Waals surface area contributed by atoms with Gasteiger partial charge in [-0.2, -0.15) is 0 Å². The third-order valence-electron chi connectivity index (χ3n) is 4.76. The molecule has 0 heterocycles. The second kappa shape index (κ2) is 21.9. The molecule has 140 valence electrons. The number of nitrogens with two attached hydrogens (primary N) is 1. The summed E-state index contributed by atoms with van der Waals surface area (Å²) in [6.07, 6.45) is 23.8. The van der Waals surface area contributed by atoms with Gasteiger partial charge in [0.1, 0.15) is 0 Å². The van der Waals surface area contributed by atoms with Gasteiger partial charge in [0.25, 0.3) is 0 Å². The molecule has 0 amide bonds. The first kappa shape index (κ1) is 22.9. The van der Waals surface area contributed by atoms with E-state index < -0.39 is 0 Å². The van der Waals surface area contributed by atoms with Crippen LogP contribution in [-0.4, -0.2) is 19.6 Å². The van der Waals surface area contributed by atoms with E-state index >= 15 is 0 Å². The number of nitrogens with one attached hydrogen (secondary N) is 1. The van der Waals surface area contributed by atoms with Crippen molar-refractivity contribution < 1.29 is 0 Å². The average Bonchev–Trinajstić information content (AvgIpc) is 2.57. The van der Waals surface area contributed by atoms with Gasteiger partial charge >= 0.3 is 0 Å². The van der Waals surface area contributed by atoms with Crippen LogP contribution >= 0.6 is 0 Å². The van der Waals surface area contributed by atoms with Gasteiger partial charge in [-0.05, 0) is 38.9 Å². The molecular formula is C21H46N2. The van der Waals surface area contributed by atoms with Gasteiger partial charge in [-0.1, -0.05) is 96.8 Å². The van der Waals surface area contributed by atoms with E-state index in [1.165, 1.54) is 122 Å². The zero-order chi connectivity index (χ0) is 16.8. The Morgan fingerprint density at radius 3 is 1.22 bits per heavy atom. The SMILES string of the molecule is CCCCCCCCCCCCCCNCCCCCCCN. The van der Waals surface area contributed by atoms with E-state index in [0.717, 1.165) is 6.54 Å². The fourth-order valence-electron chi connectivity index (χ4n) is 3.14. The standard InChI is InChI=1S/C21H46N2/c1-2-3-4-5-6-7-8-9-10-11-14-17-20-23-21-18-15-12-13-16-19-22/h23H,2-22H2,1H3. The zero-order valence-corrected chi connectivity index (χ0v) is 16.2. The molecule has 0 aromatic carbocycles. The normalized spacial score (nSPS) is 11.2. The van der Waals surface area contributed by atoms with Gasteiger partial charge in [-0.25, -0.2) is 0 Å². The highest BCUT2D eigenvalue weighted by atomic mass is 14.8. The molecule has 0 bridgehead atoms. The van der Waals surface area contributed by atoms with E-state index in [-0.39, 0.29) is 0 Å². The van der Waals surface area contributed by atoms with Crippen molar-refractivity contribution in [2.75, 3.05) is 19.6 Å². The van der Waals surface area contributed by atoms with Crippen LogP contribution < -0.4 is 11.1 Å². The number of hydrogen-bond acceptors (Lipinski definition) is 2. The van der Waals surface area contributed by atoms with Gasteiger partial charge in [0.05, 0.1) is 0 Å². The van der Waals surface area contributed by atoms with Gasteiger partial charge in [-0.3, -0.25) is 0 Å². The molecule has 0 atom stereocenters. The Bertz CT molecular complexity index is 174. The van der Waals surface area contributed by atoms with E-state index in [1.807, 2.05) is 0 Å². The minimum Gasteiger partial charge on any atom is -0.330 e. The zero-order valence-electron chi connectivity index (χ0n) is 16.2. The van der Waals surface area contributed by atoms with Crippen molar-refractivity contribution in [2.24, 2.45) is 5.73 Å². The van der Waals surface area contributed by atoms with Crippen molar-refractivity contribution in [2.45, 2.75) is 116 Å². The van der Waals surface area contributed by atoms with Crippen molar-refractivity contribution in [3.8, 4) is 0 Å². The molecule has 0 aliphatic carbocycles. The van der Waals surface area contributed by atoms with Gasteiger partial charge in [0.15, 0.2) is 0 Å². The average molecular weight is 327 g/mol. The monoisotopic (exact) mass is 326 g/mol. The molecule has 2 heteroatoms. The van der Waals surface area contributed by atoms with Crippen LogP contribution in [0.2, 0.25) is 0 Å². The first-order chi connectivity index (χ1) is 11.4. The van der Waals surface area contributed by atoms with E-state index in [1.54, 1.807) is 0 Å². The summed E-state index contributed by atoms with van der Waals surface area (Å²) in [4.78, 5) is 0. The molecular weight excluding hydrogens is 280 g/mol. The van der Waals surface area contributed by atoms with Gasteiger partial charge in [0.2, 0.25) is 0 Å². The number of rotatable bonds is 20. The molecule has 0 aliphatic rings. The molecule has 0 saturated heterocycles. The lowest BCUT2D eigenvalue weighted by Gasteiger charge is -2.05. The van der Waals surface area contributed by atoms with E-state index in [2.05, 4.69) is 12.2 Å². The Labute approximate surface area is 147 Å². The Hall–Kier alpha value is -0.0800. The summed E-state index contributed by atoms with van der Waals surface area (Å²) in [5.41, 5.74) is 5.49. The lowest BCUT2D eigenvalue weighted by atomic mass is 10.1. The summed E-state index contributed by atoms with van der Waals surface area (Å²) < 4.78 is 0. The Kier molecular flexibility index (Phi) is 21.8. The highest BCUT2D eigenvalue weighted by Gasteiger charge is 1.94. The first-order valence-corrected chi connectivity index (χ1v) is 10.8. The highest BCUT2D eigenvalue weighted by Crippen LogP contribution is 2.11. The smallest absolute Gasteiger partial charge is 0.00489 e. The molecule has 23 heavy (non-hydrogen) atoms. The molecule has 0 rings (SSSR count). The topological polar surface area (TPSA) is 38.0 Å². The predicted octanol–water partition coefficient (Wildman–Crippen LogP) is 6.19. The summed E-state index contributed by atoms with van der Waals surface area (Å²) in [6, 6.07) is 0. The van der Waals surface area contributed by atoms with Crippen molar-refractivity contribution in [1.29, 1.82) is 0 Å². The van der Waals surface area contributed by atoms with E-state index in [0.29, 0.717) is 0 Å². The van der Waals surface area contributed by atoms with Crippen molar-refractivity contribution >= 4 is 0 Å². The summed E-state index contributed by atoms with van der Waals surface area (Å²) >= 11 is 0. The molecule has 0 aromatic rings. The summed E-state index contributed by atoms with van der Waals surface area (Å²) in [6.45, 7) is 5.58. The quantitative estimate of drug-likeness (QED) is 0.262. The maximum Gasteiger partial charge on any atom is -0.00489 e. The second-order valence-electron chi connectivity index (χ2n) is 7.20. The van der Waals surface area contributed by atoms with Crippen molar-refractivity contribution in [1.82, 2.24) is 5.32 Å². The molecule has 0 radical (unpaired) electrons. The summed E-state index contributed by atoms with van der Waals surface area (Å²) in [7, 11) is 0. The van der Waals surface area contributed by atoms with Crippen molar-refractivity contribution in [3.05, 3.63) is 0 Å². The maximum atomic E-state index is 5.49. The van der Waals surface area contributed by atoms with Gasteiger partial charge in [-0.15, -0.1) is 0 Å². The first-order valence-electron chi connectivity index (χ1n) is 10.8. The molecule has 2 nitrogen and oxygen atoms in total. The van der Waals surface area contributed by atoms with Crippen LogP contribution in [0.3, 0.4) is 0 Å². The molecule has 3 N–H and O–H groups in total. The van der Waals surface area contributed by atoms with E-state index in [4.69, 9.17) is 5.73 Å². The fourth-order valence-corrected chi connectivity index (χ4v) is 3.14. The Morgan fingerprint density at radius 1 is 0.478 bits per heavy atom. The Morgan fingerprint density at radius 2 is 0.826 bits per heavy atom. The van der Waals surface area contributed by atoms with Gasteiger partial charge in [0, 0.05) is 0 Å². The molecule has 0 unspecified atom stereocenters. The van der Waals surface area contributed by atoms with Crippen LogP contribution in [0.15, 0.2) is 0 Å². The van der Waals surface area contributed by atoms with E-state index in [9.17, 15) is 0 Å². The molecule has 0 spiro atoms. The van der Waals surface area contributed by atoms with Crippen LogP contribution in [0, 0.1) is 0 Å². The predicted molar refractivity (Wildman–Crippen MR) is 106 cm³/mol. The second-order valence-corrected chi connectivity index (χ2v) is 7.20. The molecule has 0 aliphatic heterocycles. The van der Waals surface area contributed by atoms with Crippen molar-refractivity contribution in [3.63, 3.8) is 0 Å². The summed E-state index contributed by atoms with van der Waals surface area (Å²) in [5, 5.41) is 3.59. The third-order valence-corrected chi connectivity index (χ3v) is 4.76. The lowest BCUT2D eigenvalue weighted by Crippen LogP contribution is -2.16. The fraction of sp³-hybridized carbons (Fsp3) is 1.00. The number of hydrogen-bond donors (Lipinski definition) is 2. The molecule has 0 saturated carbocycles. The number of unbranched alkanes of at least 4 members (excludes halogenated alkanes) is 15. The largest absolute Gasteiger partial charge is 0.330 e. The molecule has 0 aromatic heterocycles. The van der Waals surface area contributed by atoms with Crippen LogP contribution in [0.4, 0.5) is 0 Å². The Balaban J connectivity index is 2.92. The van der Waals surface area contributed by atoms with Gasteiger partial charge < -0.3 is 11.1 Å². The van der Waals surface area contributed by atoms with Crippen LogP contribution in [0.5, 0.6) is 0 Å². The summed E-state index contributed by atoms with van der Waals surface area (Å²) in [5.74, 6) is 0. The highest BCUT2D eigenvalue weighted by molar-refractivity contribution is 4.52. The third kappa shape index (κ3) is 21.9. The minimum atomic E-state index is 0.858. The van der Waals surface area contributed by atoms with Crippen LogP contribution in [0.1, 0.15) is 116 Å².